The van der Waals surface area contributed by atoms with Gasteiger partial charge >= 0.3 is 37.7 Å². The molecule has 0 unspecified atom stereocenters. The fraction of sp³-hybridized carbons (Fsp3) is 0.467. The molecule has 0 aliphatic heterocycles. The minimum absolute atomic E-state index is 0. The standard InChI is InChI=1S/C15H20S2Si.2Li/c1-3-4-5-6-13-18(2,14-9-7-11-16-14)15-10-8-12-17-15;;/h7-10H,3-6,13H2,1-2H3;;/q-2;2*+1. The van der Waals surface area contributed by atoms with Crippen molar-refractivity contribution in [2.75, 3.05) is 0 Å². The van der Waals surface area contributed by atoms with Crippen molar-refractivity contribution < 1.29 is 37.7 Å². The van der Waals surface area contributed by atoms with Crippen LogP contribution in [0, 0.1) is 10.8 Å². The first-order chi connectivity index (χ1) is 8.77. The van der Waals surface area contributed by atoms with Crippen molar-refractivity contribution in [3.63, 3.8) is 0 Å². The molecule has 2 heterocycles. The fourth-order valence-corrected chi connectivity index (χ4v) is 9.36. The quantitative estimate of drug-likeness (QED) is 0.321. The van der Waals surface area contributed by atoms with Crippen molar-refractivity contribution in [3.8, 4) is 0 Å². The number of hydrogen-bond donors (Lipinski definition) is 0. The number of rotatable bonds is 7. The van der Waals surface area contributed by atoms with Crippen LogP contribution in [0.2, 0.25) is 12.6 Å². The van der Waals surface area contributed by atoms with Crippen molar-refractivity contribution in [2.45, 2.75) is 45.2 Å². The average molecular weight is 306 g/mol. The summed E-state index contributed by atoms with van der Waals surface area (Å²) >= 11 is 3.64. The summed E-state index contributed by atoms with van der Waals surface area (Å²) in [5, 5.41) is 6.54. The molecule has 0 spiro atoms. The minimum Gasteiger partial charge on any atom is -0.303 e. The molecule has 0 bridgehead atoms. The van der Waals surface area contributed by atoms with E-state index in [0.29, 0.717) is 0 Å². The maximum Gasteiger partial charge on any atom is 1.00 e. The topological polar surface area (TPSA) is 0 Å². The summed E-state index contributed by atoms with van der Waals surface area (Å²) in [6, 6.07) is 10.1. The van der Waals surface area contributed by atoms with E-state index < -0.39 is 8.07 Å². The van der Waals surface area contributed by atoms with E-state index in [1.165, 1.54) is 31.7 Å². The van der Waals surface area contributed by atoms with Crippen LogP contribution in [0.5, 0.6) is 0 Å². The Kier molecular flexibility index (Phi) is 11.0. The van der Waals surface area contributed by atoms with Gasteiger partial charge < -0.3 is 22.7 Å². The third-order valence-electron chi connectivity index (χ3n) is 3.56. The largest absolute Gasteiger partial charge is 1.00 e. The monoisotopic (exact) mass is 306 g/mol. The van der Waals surface area contributed by atoms with E-state index in [2.05, 4.69) is 48.5 Å². The number of unbranched alkanes of at least 4 members (excludes halogenated alkanes) is 3. The number of hydrogen-bond acceptors (Lipinski definition) is 2. The normalized spacial score (nSPS) is 10.7. The summed E-state index contributed by atoms with van der Waals surface area (Å²) in [7, 11) is -1.47. The van der Waals surface area contributed by atoms with E-state index in [-0.39, 0.29) is 37.7 Å². The zero-order chi connectivity index (χ0) is 12.8. The maximum atomic E-state index is 3.27. The van der Waals surface area contributed by atoms with Gasteiger partial charge in [0.25, 0.3) is 0 Å². The summed E-state index contributed by atoms with van der Waals surface area (Å²) in [5.41, 5.74) is 0. The summed E-state index contributed by atoms with van der Waals surface area (Å²) in [6.07, 6.45) is 5.44. The molecule has 0 amide bonds. The van der Waals surface area contributed by atoms with Gasteiger partial charge in [0, 0.05) is 0 Å². The van der Waals surface area contributed by atoms with Gasteiger partial charge in [-0.05, 0) is 8.07 Å². The van der Waals surface area contributed by atoms with Crippen LogP contribution >= 0.6 is 22.7 Å². The average Bonchev–Trinajstić information content (AvgIpc) is 3.05. The molecule has 2 aromatic heterocycles. The fourth-order valence-electron chi connectivity index (χ4n) is 2.35. The minimum atomic E-state index is -1.47. The Bertz CT molecular complexity index is 406. The van der Waals surface area contributed by atoms with E-state index in [4.69, 9.17) is 0 Å². The van der Waals surface area contributed by atoms with Crippen molar-refractivity contribution >= 4 is 39.7 Å². The molecule has 98 valence electrons. The molecular weight excluding hydrogens is 286 g/mol. The first kappa shape index (κ1) is 20.8. The SMILES string of the molecule is CCCCCC[Si](C)(c1cc[c-]s1)c1cc[c-]s1.[Li+].[Li+]. The zero-order valence-corrected chi connectivity index (χ0v) is 15.8. The summed E-state index contributed by atoms with van der Waals surface area (Å²) < 4.78 is 3.16. The molecule has 0 fully saturated rings. The second-order valence-electron chi connectivity index (χ2n) is 4.98. The van der Waals surface area contributed by atoms with Crippen LogP contribution in [0.3, 0.4) is 0 Å². The molecule has 2 rings (SSSR count). The van der Waals surface area contributed by atoms with Gasteiger partial charge in [-0.1, -0.05) is 45.2 Å². The maximum absolute atomic E-state index is 3.27. The Hall–Kier alpha value is 0.812. The molecule has 0 N–H and O–H groups in total. The molecule has 0 radical (unpaired) electrons. The van der Waals surface area contributed by atoms with Crippen molar-refractivity contribution in [1.29, 1.82) is 0 Å². The van der Waals surface area contributed by atoms with Crippen molar-refractivity contribution in [1.82, 2.24) is 0 Å². The Labute approximate surface area is 156 Å². The van der Waals surface area contributed by atoms with Gasteiger partial charge in [0.2, 0.25) is 0 Å². The van der Waals surface area contributed by atoms with Gasteiger partial charge in [0.1, 0.15) is 0 Å². The third kappa shape index (κ3) is 5.22. The first-order valence-electron chi connectivity index (χ1n) is 6.70. The molecule has 20 heavy (non-hydrogen) atoms. The van der Waals surface area contributed by atoms with Crippen LogP contribution in [0.1, 0.15) is 32.6 Å². The summed E-state index contributed by atoms with van der Waals surface area (Å²) in [6.45, 7) is 4.79. The van der Waals surface area contributed by atoms with E-state index in [9.17, 15) is 0 Å². The zero-order valence-electron chi connectivity index (χ0n) is 13.2. The van der Waals surface area contributed by atoms with Crippen LogP contribution in [0.4, 0.5) is 0 Å². The van der Waals surface area contributed by atoms with E-state index in [0.717, 1.165) is 0 Å². The van der Waals surface area contributed by atoms with Gasteiger partial charge in [-0.25, -0.2) is 12.1 Å². The van der Waals surface area contributed by atoms with Crippen LogP contribution < -0.4 is 46.7 Å². The predicted molar refractivity (Wildman–Crippen MR) is 86.1 cm³/mol. The molecule has 0 aromatic carbocycles. The molecule has 0 aliphatic rings. The smallest absolute Gasteiger partial charge is 0.303 e. The molecule has 0 nitrogen and oxygen atoms in total. The van der Waals surface area contributed by atoms with Gasteiger partial charge in [-0.2, -0.15) is 21.1 Å². The van der Waals surface area contributed by atoms with E-state index in [1.807, 2.05) is 22.7 Å². The Morgan fingerprint density at radius 1 is 0.950 bits per heavy atom. The molecule has 2 aromatic rings. The summed E-state index contributed by atoms with van der Waals surface area (Å²) in [5.74, 6) is 0. The van der Waals surface area contributed by atoms with Crippen LogP contribution in [0.25, 0.3) is 0 Å². The third-order valence-corrected chi connectivity index (χ3v) is 12.0. The van der Waals surface area contributed by atoms with Gasteiger partial charge in [-0.15, -0.1) is 10.8 Å². The molecular formula is C15H20Li2S2Si. The van der Waals surface area contributed by atoms with Crippen LogP contribution in [-0.4, -0.2) is 8.07 Å². The molecule has 0 atom stereocenters. The van der Waals surface area contributed by atoms with Crippen LogP contribution in [-0.2, 0) is 0 Å². The number of thiophene rings is 2. The predicted octanol–water partition coefficient (Wildman–Crippen LogP) is -1.81. The van der Waals surface area contributed by atoms with Gasteiger partial charge in [-0.3, -0.25) is 0 Å². The molecule has 0 saturated carbocycles. The second kappa shape index (κ2) is 10.5. The molecule has 5 heteroatoms. The Balaban J connectivity index is 0.00000180. The van der Waals surface area contributed by atoms with Gasteiger partial charge in [0.05, 0.1) is 0 Å². The first-order valence-corrected chi connectivity index (χ1v) is 11.0. The molecule has 0 saturated heterocycles. The molecule has 0 aliphatic carbocycles. The van der Waals surface area contributed by atoms with E-state index >= 15 is 0 Å². The Morgan fingerprint density at radius 2 is 1.50 bits per heavy atom. The Morgan fingerprint density at radius 3 is 1.90 bits per heavy atom. The van der Waals surface area contributed by atoms with E-state index in [1.54, 1.807) is 9.00 Å². The second-order valence-corrected chi connectivity index (χ2v) is 11.7. The summed E-state index contributed by atoms with van der Waals surface area (Å²) in [4.78, 5) is 0. The van der Waals surface area contributed by atoms with Crippen molar-refractivity contribution in [3.05, 3.63) is 35.0 Å². The van der Waals surface area contributed by atoms with Crippen molar-refractivity contribution in [2.24, 2.45) is 0 Å². The van der Waals surface area contributed by atoms with Gasteiger partial charge in [0.15, 0.2) is 0 Å². The van der Waals surface area contributed by atoms with Crippen LogP contribution in [0.15, 0.2) is 24.3 Å².